The van der Waals surface area contributed by atoms with Crippen LogP contribution >= 0.6 is 27.5 Å². The summed E-state index contributed by atoms with van der Waals surface area (Å²) in [6.07, 6.45) is 1.57. The first-order valence-corrected chi connectivity index (χ1v) is 7.03. The van der Waals surface area contributed by atoms with E-state index in [1.807, 2.05) is 12.1 Å². The van der Waals surface area contributed by atoms with Crippen molar-refractivity contribution in [3.8, 4) is 11.5 Å². The Balaban J connectivity index is 2.46. The minimum Gasteiger partial charge on any atom is -0.495 e. The van der Waals surface area contributed by atoms with Crippen molar-refractivity contribution in [2.45, 2.75) is 6.04 Å². The van der Waals surface area contributed by atoms with Gasteiger partial charge < -0.3 is 15.2 Å². The minimum atomic E-state index is -0.413. The van der Waals surface area contributed by atoms with Gasteiger partial charge in [-0.2, -0.15) is 0 Å². The van der Waals surface area contributed by atoms with Gasteiger partial charge in [0.05, 0.1) is 31.0 Å². The van der Waals surface area contributed by atoms with Crippen molar-refractivity contribution in [2.75, 3.05) is 14.2 Å². The van der Waals surface area contributed by atoms with Crippen LogP contribution in [0.2, 0.25) is 5.02 Å². The van der Waals surface area contributed by atoms with E-state index < -0.39 is 6.04 Å². The zero-order valence-electron chi connectivity index (χ0n) is 11.1. The highest BCUT2D eigenvalue weighted by Gasteiger charge is 2.19. The first-order chi connectivity index (χ1) is 9.58. The average Bonchev–Trinajstić information content (AvgIpc) is 2.47. The fourth-order valence-corrected chi connectivity index (χ4v) is 2.69. The van der Waals surface area contributed by atoms with E-state index in [9.17, 15) is 0 Å². The van der Waals surface area contributed by atoms with Crippen molar-refractivity contribution < 1.29 is 9.47 Å². The van der Waals surface area contributed by atoms with Crippen LogP contribution in [0.4, 0.5) is 0 Å². The molecule has 1 aromatic carbocycles. The van der Waals surface area contributed by atoms with Crippen molar-refractivity contribution in [2.24, 2.45) is 5.73 Å². The van der Waals surface area contributed by atoms with Crippen LogP contribution in [0.15, 0.2) is 34.9 Å². The van der Waals surface area contributed by atoms with Crippen molar-refractivity contribution in [1.29, 1.82) is 0 Å². The molecule has 0 bridgehead atoms. The third-order valence-electron chi connectivity index (χ3n) is 2.92. The monoisotopic (exact) mass is 356 g/mol. The molecular weight excluding hydrogens is 344 g/mol. The Morgan fingerprint density at radius 2 is 1.95 bits per heavy atom. The molecule has 1 unspecified atom stereocenters. The highest BCUT2D eigenvalue weighted by molar-refractivity contribution is 9.10. The van der Waals surface area contributed by atoms with E-state index in [1.165, 1.54) is 0 Å². The predicted octanol–water partition coefficient (Wildman–Crippen LogP) is 3.56. The Morgan fingerprint density at radius 3 is 2.50 bits per heavy atom. The fourth-order valence-electron chi connectivity index (χ4n) is 1.89. The fraction of sp³-hybridized carbons (Fsp3) is 0.214. The number of benzene rings is 1. The summed E-state index contributed by atoms with van der Waals surface area (Å²) in [6.45, 7) is 0. The highest BCUT2D eigenvalue weighted by atomic mass is 79.9. The van der Waals surface area contributed by atoms with Crippen LogP contribution in [0.3, 0.4) is 0 Å². The average molecular weight is 358 g/mol. The van der Waals surface area contributed by atoms with Crippen LogP contribution < -0.4 is 15.2 Å². The van der Waals surface area contributed by atoms with E-state index in [0.29, 0.717) is 22.2 Å². The van der Waals surface area contributed by atoms with Crippen LogP contribution in [-0.2, 0) is 0 Å². The van der Waals surface area contributed by atoms with Gasteiger partial charge in [-0.05, 0) is 40.2 Å². The quantitative estimate of drug-likeness (QED) is 0.909. The van der Waals surface area contributed by atoms with Gasteiger partial charge in [0.15, 0.2) is 0 Å². The smallest absolute Gasteiger partial charge is 0.141 e. The van der Waals surface area contributed by atoms with Crippen LogP contribution in [0.1, 0.15) is 17.3 Å². The predicted molar refractivity (Wildman–Crippen MR) is 82.5 cm³/mol. The van der Waals surface area contributed by atoms with Crippen LogP contribution in [-0.4, -0.2) is 19.2 Å². The summed E-state index contributed by atoms with van der Waals surface area (Å²) in [4.78, 5) is 4.24. The molecule has 2 rings (SSSR count). The molecule has 0 radical (unpaired) electrons. The molecule has 1 atom stereocenters. The van der Waals surface area contributed by atoms with E-state index in [4.69, 9.17) is 26.8 Å². The summed E-state index contributed by atoms with van der Waals surface area (Å²) in [5.74, 6) is 1.32. The molecule has 2 N–H and O–H groups in total. The Labute approximate surface area is 131 Å². The van der Waals surface area contributed by atoms with E-state index in [-0.39, 0.29) is 0 Å². The van der Waals surface area contributed by atoms with Gasteiger partial charge in [-0.1, -0.05) is 11.6 Å². The number of pyridine rings is 1. The van der Waals surface area contributed by atoms with Crippen LogP contribution in [0.25, 0.3) is 0 Å². The van der Waals surface area contributed by atoms with Gasteiger partial charge in [0.25, 0.3) is 0 Å². The SMILES string of the molecule is COc1ccc(C(N)c2ccc(Cl)cn2)c(OC)c1Br. The molecule has 6 heteroatoms. The molecule has 2 aromatic rings. The van der Waals surface area contributed by atoms with Crippen molar-refractivity contribution in [3.05, 3.63) is 51.2 Å². The molecule has 106 valence electrons. The molecular formula is C14H14BrClN2O2. The number of methoxy groups -OCH3 is 2. The second kappa shape index (κ2) is 6.43. The Morgan fingerprint density at radius 1 is 1.20 bits per heavy atom. The number of nitrogens with two attached hydrogens (primary N) is 1. The molecule has 0 amide bonds. The van der Waals surface area contributed by atoms with Crippen LogP contribution in [0.5, 0.6) is 11.5 Å². The van der Waals surface area contributed by atoms with E-state index in [0.717, 1.165) is 10.0 Å². The topological polar surface area (TPSA) is 57.4 Å². The second-order valence-corrected chi connectivity index (χ2v) is 5.31. The van der Waals surface area contributed by atoms with Gasteiger partial charge in [0.1, 0.15) is 16.0 Å². The summed E-state index contributed by atoms with van der Waals surface area (Å²) in [6, 6.07) is 6.84. The van der Waals surface area contributed by atoms with Gasteiger partial charge in [0, 0.05) is 11.8 Å². The lowest BCUT2D eigenvalue weighted by Gasteiger charge is -2.18. The van der Waals surface area contributed by atoms with E-state index in [2.05, 4.69) is 20.9 Å². The Kier molecular flexibility index (Phi) is 4.86. The molecule has 20 heavy (non-hydrogen) atoms. The lowest BCUT2D eigenvalue weighted by atomic mass is 10.0. The number of nitrogens with zero attached hydrogens (tertiary/aromatic N) is 1. The maximum Gasteiger partial charge on any atom is 0.141 e. The summed E-state index contributed by atoms with van der Waals surface area (Å²) in [7, 11) is 3.19. The largest absolute Gasteiger partial charge is 0.495 e. The lowest BCUT2D eigenvalue weighted by molar-refractivity contribution is 0.385. The molecule has 4 nitrogen and oxygen atoms in total. The molecule has 0 saturated heterocycles. The number of hydrogen-bond donors (Lipinski definition) is 1. The zero-order chi connectivity index (χ0) is 14.7. The van der Waals surface area contributed by atoms with E-state index in [1.54, 1.807) is 32.5 Å². The third-order valence-corrected chi connectivity index (χ3v) is 3.89. The maximum absolute atomic E-state index is 6.26. The first kappa shape index (κ1) is 15.1. The number of halogens is 2. The van der Waals surface area contributed by atoms with Gasteiger partial charge in [-0.25, -0.2) is 0 Å². The van der Waals surface area contributed by atoms with Gasteiger partial charge in [-0.3, -0.25) is 4.98 Å². The number of rotatable bonds is 4. The molecule has 1 heterocycles. The molecule has 0 saturated carbocycles. The molecule has 0 fully saturated rings. The summed E-state index contributed by atoms with van der Waals surface area (Å²) >= 11 is 9.29. The van der Waals surface area contributed by atoms with Crippen molar-refractivity contribution >= 4 is 27.5 Å². The lowest BCUT2D eigenvalue weighted by Crippen LogP contribution is -2.14. The molecule has 1 aromatic heterocycles. The Bertz CT molecular complexity index is 605. The van der Waals surface area contributed by atoms with Crippen molar-refractivity contribution in [1.82, 2.24) is 4.98 Å². The first-order valence-electron chi connectivity index (χ1n) is 5.86. The van der Waals surface area contributed by atoms with E-state index >= 15 is 0 Å². The number of hydrogen-bond acceptors (Lipinski definition) is 4. The molecule has 0 aliphatic heterocycles. The third kappa shape index (κ3) is 2.90. The Hall–Kier alpha value is -1.30. The summed E-state index contributed by atoms with van der Waals surface area (Å²) in [5.41, 5.74) is 7.78. The molecule has 0 spiro atoms. The van der Waals surface area contributed by atoms with Crippen molar-refractivity contribution in [3.63, 3.8) is 0 Å². The minimum absolute atomic E-state index is 0.413. The van der Waals surface area contributed by atoms with Gasteiger partial charge >= 0.3 is 0 Å². The number of aromatic nitrogens is 1. The standard InChI is InChI=1S/C14H14BrClN2O2/c1-19-11-6-4-9(14(20-2)12(11)15)13(17)10-5-3-8(16)7-18-10/h3-7,13H,17H2,1-2H3. The molecule has 0 aliphatic carbocycles. The number of ether oxygens (including phenoxy) is 2. The van der Waals surface area contributed by atoms with Gasteiger partial charge in [0.2, 0.25) is 0 Å². The maximum atomic E-state index is 6.26. The highest BCUT2D eigenvalue weighted by Crippen LogP contribution is 2.40. The summed E-state index contributed by atoms with van der Waals surface area (Å²) in [5, 5.41) is 0.573. The molecule has 0 aliphatic rings. The summed E-state index contributed by atoms with van der Waals surface area (Å²) < 4.78 is 11.4. The normalized spacial score (nSPS) is 12.1. The van der Waals surface area contributed by atoms with Crippen LogP contribution in [0, 0.1) is 0 Å². The van der Waals surface area contributed by atoms with Gasteiger partial charge in [-0.15, -0.1) is 0 Å². The zero-order valence-corrected chi connectivity index (χ0v) is 13.4. The second-order valence-electron chi connectivity index (χ2n) is 4.08.